The predicted molar refractivity (Wildman–Crippen MR) is 136 cm³/mol. The van der Waals surface area contributed by atoms with Gasteiger partial charge in [-0.1, -0.05) is 72.2 Å². The quantitative estimate of drug-likeness (QED) is 0.113. The SMILES string of the molecule is C=C(C)C(=O)OCC(O)COCCC[Si](C)(C)C(CC)O[Si](C)(C)C(CC)CCCC. The zero-order chi connectivity index (χ0) is 24.1. The highest BCUT2D eigenvalue weighted by Gasteiger charge is 2.39. The minimum absolute atomic E-state index is 0.0615. The number of carbonyl (C=O) groups is 1. The first kappa shape index (κ1) is 30.5. The third kappa shape index (κ3) is 12.4. The van der Waals surface area contributed by atoms with Crippen molar-refractivity contribution in [1.82, 2.24) is 0 Å². The van der Waals surface area contributed by atoms with Gasteiger partial charge in [-0.25, -0.2) is 4.79 Å². The second kappa shape index (κ2) is 15.4. The van der Waals surface area contributed by atoms with Crippen molar-refractivity contribution >= 4 is 22.4 Å². The molecule has 0 heterocycles. The third-order valence-electron chi connectivity index (χ3n) is 6.25. The molecule has 31 heavy (non-hydrogen) atoms. The Morgan fingerprint density at radius 1 is 1.03 bits per heavy atom. The van der Waals surface area contributed by atoms with Crippen LogP contribution in [0.4, 0.5) is 0 Å². The maximum absolute atomic E-state index is 11.4. The molecule has 1 N–H and O–H groups in total. The summed E-state index contributed by atoms with van der Waals surface area (Å²) in [5.74, 6) is -0.483. The summed E-state index contributed by atoms with van der Waals surface area (Å²) in [7, 11) is -3.30. The van der Waals surface area contributed by atoms with Crippen molar-refractivity contribution < 1.29 is 23.8 Å². The van der Waals surface area contributed by atoms with Gasteiger partial charge in [-0.05, 0) is 38.4 Å². The molecule has 3 atom stereocenters. The summed E-state index contributed by atoms with van der Waals surface area (Å²) >= 11 is 0. The second-order valence-electron chi connectivity index (χ2n) is 10.1. The molecule has 0 rings (SSSR count). The van der Waals surface area contributed by atoms with Crippen LogP contribution in [-0.4, -0.2) is 59.1 Å². The molecule has 0 saturated carbocycles. The maximum atomic E-state index is 11.4. The highest BCUT2D eigenvalue weighted by atomic mass is 28.4. The van der Waals surface area contributed by atoms with Crippen molar-refractivity contribution in [3.63, 3.8) is 0 Å². The number of esters is 1. The fraction of sp³-hybridized carbons (Fsp3) is 0.875. The van der Waals surface area contributed by atoms with Crippen LogP contribution < -0.4 is 0 Å². The summed E-state index contributed by atoms with van der Waals surface area (Å²) in [4.78, 5) is 11.4. The Bertz CT molecular complexity index is 522. The summed E-state index contributed by atoms with van der Waals surface area (Å²) in [5, 5.41) is 9.89. The molecule has 5 nitrogen and oxygen atoms in total. The Balaban J connectivity index is 4.48. The van der Waals surface area contributed by atoms with Gasteiger partial charge in [-0.2, -0.15) is 0 Å². The van der Waals surface area contributed by atoms with Gasteiger partial charge in [-0.3, -0.25) is 0 Å². The van der Waals surface area contributed by atoms with Crippen LogP contribution in [0.15, 0.2) is 12.2 Å². The Labute approximate surface area is 194 Å². The summed E-state index contributed by atoms with van der Waals surface area (Å²) in [6.07, 6.45) is 6.30. The molecular weight excluding hydrogens is 424 g/mol. The monoisotopic (exact) mass is 474 g/mol. The number of rotatable bonds is 18. The first-order valence-electron chi connectivity index (χ1n) is 12.2. The van der Waals surface area contributed by atoms with Gasteiger partial charge in [0.2, 0.25) is 0 Å². The predicted octanol–water partition coefficient (Wildman–Crippen LogP) is 6.09. The maximum Gasteiger partial charge on any atom is 0.333 e. The number of ether oxygens (including phenoxy) is 2. The molecule has 0 aliphatic rings. The van der Waals surface area contributed by atoms with Crippen molar-refractivity contribution in [3.8, 4) is 0 Å². The molecule has 3 unspecified atom stereocenters. The van der Waals surface area contributed by atoms with E-state index in [4.69, 9.17) is 13.9 Å². The number of aliphatic hydroxyl groups is 1. The average molecular weight is 475 g/mol. The zero-order valence-electron chi connectivity index (χ0n) is 21.6. The lowest BCUT2D eigenvalue weighted by Gasteiger charge is -2.41. The lowest BCUT2D eigenvalue weighted by molar-refractivity contribution is -0.143. The first-order chi connectivity index (χ1) is 14.4. The lowest BCUT2D eigenvalue weighted by atomic mass is 10.2. The normalized spacial score (nSPS) is 15.4. The van der Waals surface area contributed by atoms with Gasteiger partial charge in [0.15, 0.2) is 8.32 Å². The van der Waals surface area contributed by atoms with Gasteiger partial charge in [0.25, 0.3) is 0 Å². The molecule has 0 spiro atoms. The van der Waals surface area contributed by atoms with E-state index >= 15 is 0 Å². The van der Waals surface area contributed by atoms with Gasteiger partial charge in [0.1, 0.15) is 12.7 Å². The molecule has 7 heteroatoms. The average Bonchev–Trinajstić information content (AvgIpc) is 2.69. The molecule has 0 aromatic carbocycles. The minimum atomic E-state index is -1.74. The second-order valence-corrected chi connectivity index (χ2v) is 19.4. The molecular formula is C24H50O5Si2. The van der Waals surface area contributed by atoms with E-state index in [1.165, 1.54) is 25.7 Å². The Hall–Kier alpha value is -0.476. The molecule has 0 saturated heterocycles. The van der Waals surface area contributed by atoms with Crippen molar-refractivity contribution in [2.75, 3.05) is 19.8 Å². The fourth-order valence-electron chi connectivity index (χ4n) is 4.11. The van der Waals surface area contributed by atoms with Crippen LogP contribution in [0.2, 0.25) is 37.8 Å². The van der Waals surface area contributed by atoms with E-state index < -0.39 is 28.5 Å². The van der Waals surface area contributed by atoms with E-state index in [9.17, 15) is 9.90 Å². The van der Waals surface area contributed by atoms with Crippen LogP contribution in [-0.2, 0) is 18.7 Å². The van der Waals surface area contributed by atoms with Gasteiger partial charge >= 0.3 is 5.97 Å². The Morgan fingerprint density at radius 2 is 1.68 bits per heavy atom. The number of hydrogen-bond acceptors (Lipinski definition) is 5. The van der Waals surface area contributed by atoms with Crippen LogP contribution in [0, 0.1) is 0 Å². The van der Waals surface area contributed by atoms with Crippen molar-refractivity contribution in [3.05, 3.63) is 12.2 Å². The number of unbranched alkanes of at least 4 members (excludes halogenated alkanes) is 1. The molecule has 0 radical (unpaired) electrons. The highest BCUT2D eigenvalue weighted by molar-refractivity contribution is 6.80. The van der Waals surface area contributed by atoms with E-state index in [2.05, 4.69) is 53.5 Å². The van der Waals surface area contributed by atoms with E-state index in [1.807, 2.05) is 0 Å². The van der Waals surface area contributed by atoms with Crippen LogP contribution in [0.5, 0.6) is 0 Å². The zero-order valence-corrected chi connectivity index (χ0v) is 23.6. The topological polar surface area (TPSA) is 65.0 Å². The van der Waals surface area contributed by atoms with Crippen LogP contribution in [0.25, 0.3) is 0 Å². The molecule has 0 aliphatic heterocycles. The van der Waals surface area contributed by atoms with Crippen molar-refractivity contribution in [2.24, 2.45) is 0 Å². The summed E-state index contributed by atoms with van der Waals surface area (Å²) in [5.41, 5.74) is 1.45. The number of aliphatic hydroxyl groups excluding tert-OH is 1. The van der Waals surface area contributed by atoms with Crippen LogP contribution in [0.3, 0.4) is 0 Å². The summed E-state index contributed by atoms with van der Waals surface area (Å²) < 4.78 is 17.5. The summed E-state index contributed by atoms with van der Waals surface area (Å²) in [6, 6.07) is 1.14. The van der Waals surface area contributed by atoms with Gasteiger partial charge in [0.05, 0.1) is 14.7 Å². The highest BCUT2D eigenvalue weighted by Crippen LogP contribution is 2.35. The molecule has 0 aromatic heterocycles. The van der Waals surface area contributed by atoms with Crippen LogP contribution in [0.1, 0.15) is 66.2 Å². The molecule has 0 bridgehead atoms. The molecule has 0 aliphatic carbocycles. The standard InChI is InChI=1S/C24H50O5Si2/c1-10-13-15-22(11-2)31(8,9)29-23(12-3)30(6,7)17-14-16-27-18-21(25)19-28-24(26)20(4)5/h21-23,25H,4,10-19H2,1-3,5-9H3. The smallest absolute Gasteiger partial charge is 0.333 e. The fourth-order valence-corrected chi connectivity index (χ4v) is 11.8. The Morgan fingerprint density at radius 3 is 2.19 bits per heavy atom. The molecule has 0 fully saturated rings. The number of carbonyl (C=O) groups excluding carboxylic acids is 1. The van der Waals surface area contributed by atoms with Crippen LogP contribution >= 0.6 is 0 Å². The Kier molecular flexibility index (Phi) is 15.1. The third-order valence-corrected chi connectivity index (χ3v) is 13.9. The molecule has 0 amide bonds. The van der Waals surface area contributed by atoms with Gasteiger partial charge < -0.3 is 19.0 Å². The minimum Gasteiger partial charge on any atom is -0.460 e. The largest absolute Gasteiger partial charge is 0.460 e. The molecule has 184 valence electrons. The van der Waals surface area contributed by atoms with Crippen molar-refractivity contribution in [1.29, 1.82) is 0 Å². The lowest BCUT2D eigenvalue weighted by Crippen LogP contribution is -2.50. The van der Waals surface area contributed by atoms with E-state index in [-0.39, 0.29) is 13.2 Å². The van der Waals surface area contributed by atoms with E-state index in [0.29, 0.717) is 17.9 Å². The van der Waals surface area contributed by atoms with E-state index in [1.54, 1.807) is 6.92 Å². The molecule has 0 aromatic rings. The van der Waals surface area contributed by atoms with Crippen molar-refractivity contribution in [2.45, 2.75) is 116 Å². The van der Waals surface area contributed by atoms with E-state index in [0.717, 1.165) is 24.4 Å². The summed E-state index contributed by atoms with van der Waals surface area (Å²) in [6.45, 7) is 22.4. The first-order valence-corrected chi connectivity index (χ1v) is 18.4. The van der Waals surface area contributed by atoms with Gasteiger partial charge in [0, 0.05) is 17.9 Å². The number of hydrogen-bond donors (Lipinski definition) is 1. The van der Waals surface area contributed by atoms with Gasteiger partial charge in [-0.15, -0.1) is 0 Å².